The summed E-state index contributed by atoms with van der Waals surface area (Å²) >= 11 is 0. The van der Waals surface area contributed by atoms with Crippen molar-refractivity contribution in [2.24, 2.45) is 0 Å². The van der Waals surface area contributed by atoms with E-state index in [-0.39, 0.29) is 12.6 Å². The molecule has 0 radical (unpaired) electrons. The molecular weight excluding hydrogens is 338 g/mol. The highest BCUT2D eigenvalue weighted by atomic mass is 32.2. The average Bonchev–Trinajstić information content (AvgIpc) is 3.44. The van der Waals surface area contributed by atoms with E-state index < -0.39 is 10.0 Å². The summed E-state index contributed by atoms with van der Waals surface area (Å²) in [5.41, 5.74) is 1.83. The number of rotatable bonds is 7. The van der Waals surface area contributed by atoms with E-state index in [0.717, 1.165) is 24.0 Å². The van der Waals surface area contributed by atoms with Crippen LogP contribution in [0.5, 0.6) is 11.5 Å². The molecule has 3 rings (SSSR count). The van der Waals surface area contributed by atoms with Gasteiger partial charge >= 0.3 is 0 Å². The predicted octanol–water partition coefficient (Wildman–Crippen LogP) is 3.37. The van der Waals surface area contributed by atoms with Crippen LogP contribution < -0.4 is 9.47 Å². The maximum Gasteiger partial charge on any atom is 0.243 e. The van der Waals surface area contributed by atoms with E-state index in [4.69, 9.17) is 9.47 Å². The number of benzene rings is 2. The van der Waals surface area contributed by atoms with Crippen LogP contribution >= 0.6 is 0 Å². The van der Waals surface area contributed by atoms with Gasteiger partial charge in [0.25, 0.3) is 0 Å². The zero-order valence-electron chi connectivity index (χ0n) is 14.7. The van der Waals surface area contributed by atoms with Gasteiger partial charge in [0.05, 0.1) is 19.1 Å². The largest absolute Gasteiger partial charge is 0.497 e. The van der Waals surface area contributed by atoms with Crippen molar-refractivity contribution in [3.05, 3.63) is 53.6 Å². The summed E-state index contributed by atoms with van der Waals surface area (Å²) in [6, 6.07) is 12.5. The smallest absolute Gasteiger partial charge is 0.243 e. The van der Waals surface area contributed by atoms with Gasteiger partial charge in [-0.1, -0.05) is 17.7 Å². The fourth-order valence-electron chi connectivity index (χ4n) is 2.79. The molecule has 134 valence electrons. The number of aryl methyl sites for hydroxylation is 1. The third kappa shape index (κ3) is 3.80. The van der Waals surface area contributed by atoms with Crippen molar-refractivity contribution < 1.29 is 17.9 Å². The van der Waals surface area contributed by atoms with E-state index in [1.54, 1.807) is 42.8 Å². The molecule has 0 bridgehead atoms. The Labute approximate surface area is 149 Å². The molecule has 1 fully saturated rings. The molecule has 2 aromatic rings. The van der Waals surface area contributed by atoms with Gasteiger partial charge in [-0.15, -0.1) is 0 Å². The molecule has 0 atom stereocenters. The molecule has 5 nitrogen and oxygen atoms in total. The molecule has 0 heterocycles. The second-order valence-corrected chi connectivity index (χ2v) is 8.16. The molecule has 0 saturated heterocycles. The first-order chi connectivity index (χ1) is 12.0. The third-order valence-electron chi connectivity index (χ3n) is 4.40. The standard InChI is InChI=1S/C19H23NO4S/c1-14-4-9-18(10-5-14)25(21,22)20(16-6-7-16)13-15-12-17(23-2)8-11-19(15)24-3/h4-5,8-12,16H,6-7,13H2,1-3H3. The van der Waals surface area contributed by atoms with Crippen LogP contribution in [0.2, 0.25) is 0 Å². The first-order valence-corrected chi connectivity index (χ1v) is 9.69. The molecule has 0 aliphatic heterocycles. The lowest BCUT2D eigenvalue weighted by atomic mass is 10.2. The van der Waals surface area contributed by atoms with Gasteiger partial charge in [0.2, 0.25) is 10.0 Å². The van der Waals surface area contributed by atoms with Crippen LogP contribution in [0.1, 0.15) is 24.0 Å². The lowest BCUT2D eigenvalue weighted by Crippen LogP contribution is -2.32. The Balaban J connectivity index is 1.96. The minimum Gasteiger partial charge on any atom is -0.497 e. The van der Waals surface area contributed by atoms with E-state index in [0.29, 0.717) is 16.4 Å². The van der Waals surface area contributed by atoms with Gasteiger partial charge in [0.1, 0.15) is 11.5 Å². The molecule has 0 aromatic heterocycles. The molecular formula is C19H23NO4S. The second kappa shape index (κ2) is 7.06. The summed E-state index contributed by atoms with van der Waals surface area (Å²) in [5, 5.41) is 0. The van der Waals surface area contributed by atoms with E-state index in [1.165, 1.54) is 0 Å². The van der Waals surface area contributed by atoms with E-state index in [1.807, 2.05) is 25.1 Å². The zero-order valence-corrected chi connectivity index (χ0v) is 15.5. The van der Waals surface area contributed by atoms with Crippen LogP contribution in [-0.2, 0) is 16.6 Å². The minimum absolute atomic E-state index is 0.0437. The van der Waals surface area contributed by atoms with Crippen LogP contribution in [0.3, 0.4) is 0 Å². The molecule has 2 aromatic carbocycles. The summed E-state index contributed by atoms with van der Waals surface area (Å²) in [7, 11) is -0.385. The Morgan fingerprint density at radius 3 is 2.28 bits per heavy atom. The maximum atomic E-state index is 13.1. The summed E-state index contributed by atoms with van der Waals surface area (Å²) in [6.07, 6.45) is 1.77. The first-order valence-electron chi connectivity index (χ1n) is 8.25. The molecule has 25 heavy (non-hydrogen) atoms. The molecule has 0 N–H and O–H groups in total. The SMILES string of the molecule is COc1ccc(OC)c(CN(C2CC2)S(=O)(=O)c2ccc(C)cc2)c1. The highest BCUT2D eigenvalue weighted by Gasteiger charge is 2.38. The van der Waals surface area contributed by atoms with Crippen molar-refractivity contribution in [2.75, 3.05) is 14.2 Å². The topological polar surface area (TPSA) is 55.8 Å². The number of hydrogen-bond donors (Lipinski definition) is 0. The van der Waals surface area contributed by atoms with Gasteiger partial charge in [-0.25, -0.2) is 8.42 Å². The average molecular weight is 361 g/mol. The molecule has 0 spiro atoms. The Hall–Kier alpha value is -2.05. The van der Waals surface area contributed by atoms with E-state index >= 15 is 0 Å². The van der Waals surface area contributed by atoms with Crippen LogP contribution in [0, 0.1) is 6.92 Å². The quantitative estimate of drug-likeness (QED) is 0.759. The summed E-state index contributed by atoms with van der Waals surface area (Å²) in [6.45, 7) is 2.21. The Morgan fingerprint density at radius 1 is 1.04 bits per heavy atom. The van der Waals surface area contributed by atoms with Crippen molar-refractivity contribution >= 4 is 10.0 Å². The fourth-order valence-corrected chi connectivity index (χ4v) is 4.46. The Morgan fingerprint density at radius 2 is 1.72 bits per heavy atom. The summed E-state index contributed by atoms with van der Waals surface area (Å²) in [5.74, 6) is 1.34. The van der Waals surface area contributed by atoms with Crippen molar-refractivity contribution in [3.63, 3.8) is 0 Å². The van der Waals surface area contributed by atoms with Gasteiger partial charge < -0.3 is 9.47 Å². The lowest BCUT2D eigenvalue weighted by molar-refractivity contribution is 0.369. The normalized spacial score (nSPS) is 14.6. The molecule has 0 unspecified atom stereocenters. The monoisotopic (exact) mass is 361 g/mol. The highest BCUT2D eigenvalue weighted by Crippen LogP contribution is 2.35. The van der Waals surface area contributed by atoms with Crippen LogP contribution in [-0.4, -0.2) is 33.0 Å². The maximum absolute atomic E-state index is 13.1. The number of methoxy groups -OCH3 is 2. The van der Waals surface area contributed by atoms with Gasteiger partial charge in [0.15, 0.2) is 0 Å². The van der Waals surface area contributed by atoms with Gasteiger partial charge in [-0.05, 0) is 50.1 Å². The first kappa shape index (κ1) is 17.8. The molecule has 1 aliphatic rings. The minimum atomic E-state index is -3.56. The van der Waals surface area contributed by atoms with Crippen LogP contribution in [0.25, 0.3) is 0 Å². The van der Waals surface area contributed by atoms with Crippen LogP contribution in [0.4, 0.5) is 0 Å². The van der Waals surface area contributed by atoms with Crippen molar-refractivity contribution in [3.8, 4) is 11.5 Å². The summed E-state index contributed by atoms with van der Waals surface area (Å²) in [4.78, 5) is 0.326. The molecule has 6 heteroatoms. The summed E-state index contributed by atoms with van der Waals surface area (Å²) < 4.78 is 38.5. The van der Waals surface area contributed by atoms with Gasteiger partial charge in [-0.3, -0.25) is 0 Å². The lowest BCUT2D eigenvalue weighted by Gasteiger charge is -2.23. The fraction of sp³-hybridized carbons (Fsp3) is 0.368. The van der Waals surface area contributed by atoms with Gasteiger partial charge in [-0.2, -0.15) is 4.31 Å². The highest BCUT2D eigenvalue weighted by molar-refractivity contribution is 7.89. The molecule has 1 saturated carbocycles. The number of hydrogen-bond acceptors (Lipinski definition) is 4. The molecule has 1 aliphatic carbocycles. The Bertz CT molecular complexity index is 842. The van der Waals surface area contributed by atoms with Crippen molar-refractivity contribution in [2.45, 2.75) is 37.2 Å². The number of ether oxygens (including phenoxy) is 2. The third-order valence-corrected chi connectivity index (χ3v) is 6.31. The van der Waals surface area contributed by atoms with Crippen molar-refractivity contribution in [1.82, 2.24) is 4.31 Å². The molecule has 0 amide bonds. The zero-order chi connectivity index (χ0) is 18.0. The number of nitrogens with zero attached hydrogens (tertiary/aromatic N) is 1. The van der Waals surface area contributed by atoms with Crippen LogP contribution in [0.15, 0.2) is 47.4 Å². The Kier molecular flexibility index (Phi) is 5.01. The van der Waals surface area contributed by atoms with E-state index in [2.05, 4.69) is 0 Å². The second-order valence-electron chi connectivity index (χ2n) is 6.27. The predicted molar refractivity (Wildman–Crippen MR) is 96.5 cm³/mol. The number of sulfonamides is 1. The van der Waals surface area contributed by atoms with Crippen molar-refractivity contribution in [1.29, 1.82) is 0 Å². The van der Waals surface area contributed by atoms with Gasteiger partial charge in [0, 0.05) is 18.2 Å². The van der Waals surface area contributed by atoms with E-state index in [9.17, 15) is 8.42 Å².